The van der Waals surface area contributed by atoms with Gasteiger partial charge in [0.05, 0.1) is 6.61 Å². The molecule has 3 heteroatoms. The molecule has 112 valence electrons. The predicted molar refractivity (Wildman–Crippen MR) is 85.2 cm³/mol. The molecular weight excluding hydrogens is 248 g/mol. The number of nitrogens with zero attached hydrogens (tertiary/aromatic N) is 1. The normalized spacial score (nSPS) is 20.6. The van der Waals surface area contributed by atoms with Crippen molar-refractivity contribution in [3.63, 3.8) is 0 Å². The van der Waals surface area contributed by atoms with E-state index in [9.17, 15) is 0 Å². The van der Waals surface area contributed by atoms with Crippen LogP contribution in [0.25, 0.3) is 0 Å². The first-order valence-electron chi connectivity index (χ1n) is 7.68. The van der Waals surface area contributed by atoms with Crippen molar-refractivity contribution in [1.82, 2.24) is 5.32 Å². The maximum atomic E-state index is 5.37. The van der Waals surface area contributed by atoms with Gasteiger partial charge >= 0.3 is 0 Å². The summed E-state index contributed by atoms with van der Waals surface area (Å²) in [6.45, 7) is 9.62. The summed E-state index contributed by atoms with van der Waals surface area (Å²) in [6, 6.07) is 9.67. The molecule has 0 saturated carbocycles. The average Bonchev–Trinajstić information content (AvgIpc) is 2.59. The van der Waals surface area contributed by atoms with Gasteiger partial charge in [0.2, 0.25) is 0 Å². The van der Waals surface area contributed by atoms with Gasteiger partial charge in [-0.3, -0.25) is 0 Å². The highest BCUT2D eigenvalue weighted by Gasteiger charge is 2.25. The highest BCUT2D eigenvalue weighted by atomic mass is 16.5. The Labute approximate surface area is 123 Å². The van der Waals surface area contributed by atoms with Gasteiger partial charge in [-0.15, -0.1) is 0 Å². The van der Waals surface area contributed by atoms with E-state index in [4.69, 9.17) is 4.74 Å². The molecule has 20 heavy (non-hydrogen) atoms. The van der Waals surface area contributed by atoms with Crippen molar-refractivity contribution in [2.24, 2.45) is 5.92 Å². The molecule has 0 radical (unpaired) electrons. The van der Waals surface area contributed by atoms with Gasteiger partial charge in [-0.2, -0.15) is 0 Å². The van der Waals surface area contributed by atoms with Crippen molar-refractivity contribution in [1.29, 1.82) is 0 Å². The quantitative estimate of drug-likeness (QED) is 0.894. The van der Waals surface area contributed by atoms with Crippen LogP contribution in [0.3, 0.4) is 0 Å². The highest BCUT2D eigenvalue weighted by molar-refractivity contribution is 5.55. The van der Waals surface area contributed by atoms with Crippen LogP contribution >= 0.6 is 0 Å². The SMILES string of the molecule is COCC(C)N1CC(CC(C)C)NCc2ccccc21. The first-order chi connectivity index (χ1) is 9.61. The lowest BCUT2D eigenvalue weighted by atomic mass is 10.0. The average molecular weight is 276 g/mol. The molecule has 0 saturated heterocycles. The van der Waals surface area contributed by atoms with Gasteiger partial charge in [-0.25, -0.2) is 0 Å². The van der Waals surface area contributed by atoms with Crippen molar-refractivity contribution >= 4 is 5.69 Å². The number of hydrogen-bond donors (Lipinski definition) is 1. The van der Waals surface area contributed by atoms with Gasteiger partial charge in [0.25, 0.3) is 0 Å². The van der Waals surface area contributed by atoms with Crippen LogP contribution in [0.2, 0.25) is 0 Å². The molecule has 0 bridgehead atoms. The van der Waals surface area contributed by atoms with E-state index < -0.39 is 0 Å². The number of nitrogens with one attached hydrogen (secondary N) is 1. The largest absolute Gasteiger partial charge is 0.383 e. The minimum atomic E-state index is 0.399. The first-order valence-corrected chi connectivity index (χ1v) is 7.68. The smallest absolute Gasteiger partial charge is 0.0663 e. The Bertz CT molecular complexity index is 419. The maximum Gasteiger partial charge on any atom is 0.0663 e. The molecule has 0 fully saturated rings. The van der Waals surface area contributed by atoms with Crippen LogP contribution in [0.4, 0.5) is 5.69 Å². The zero-order valence-corrected chi connectivity index (χ0v) is 13.2. The molecule has 0 aromatic heterocycles. The van der Waals surface area contributed by atoms with Crippen molar-refractivity contribution in [2.75, 3.05) is 25.2 Å². The minimum Gasteiger partial charge on any atom is -0.383 e. The molecule has 1 heterocycles. The summed E-state index contributed by atoms with van der Waals surface area (Å²) in [5.74, 6) is 0.716. The Balaban J connectivity index is 2.22. The number of ether oxygens (including phenoxy) is 1. The number of hydrogen-bond acceptors (Lipinski definition) is 3. The third-order valence-corrected chi connectivity index (χ3v) is 4.00. The second-order valence-electron chi connectivity index (χ2n) is 6.29. The fraction of sp³-hybridized carbons (Fsp3) is 0.647. The standard InChI is InChI=1S/C17H28N2O/c1-13(2)9-16-11-19(14(3)12-20-4)17-8-6-5-7-15(17)10-18-16/h5-8,13-14,16,18H,9-12H2,1-4H3. The minimum absolute atomic E-state index is 0.399. The fourth-order valence-electron chi connectivity index (χ4n) is 3.07. The second-order valence-corrected chi connectivity index (χ2v) is 6.29. The van der Waals surface area contributed by atoms with Gasteiger partial charge in [0.1, 0.15) is 0 Å². The molecule has 3 nitrogen and oxygen atoms in total. The third-order valence-electron chi connectivity index (χ3n) is 4.00. The lowest BCUT2D eigenvalue weighted by Gasteiger charge is -2.33. The summed E-state index contributed by atoms with van der Waals surface area (Å²) >= 11 is 0. The van der Waals surface area contributed by atoms with Crippen molar-refractivity contribution in [3.05, 3.63) is 29.8 Å². The monoisotopic (exact) mass is 276 g/mol. The molecule has 0 aliphatic carbocycles. The topological polar surface area (TPSA) is 24.5 Å². The van der Waals surface area contributed by atoms with Crippen molar-refractivity contribution < 1.29 is 4.74 Å². The predicted octanol–water partition coefficient (Wildman–Crippen LogP) is 3.05. The van der Waals surface area contributed by atoms with Crippen LogP contribution in [0.15, 0.2) is 24.3 Å². The lowest BCUT2D eigenvalue weighted by Crippen LogP contribution is -2.44. The van der Waals surface area contributed by atoms with Crippen LogP contribution < -0.4 is 10.2 Å². The molecule has 2 rings (SSSR count). The van der Waals surface area contributed by atoms with E-state index in [0.717, 1.165) is 19.7 Å². The molecule has 2 unspecified atom stereocenters. The van der Waals surface area contributed by atoms with Crippen molar-refractivity contribution in [2.45, 2.75) is 45.8 Å². The molecule has 1 aromatic rings. The number of methoxy groups -OCH3 is 1. The Morgan fingerprint density at radius 3 is 2.75 bits per heavy atom. The number of para-hydroxylation sites is 1. The van der Waals surface area contributed by atoms with Crippen LogP contribution in [0.1, 0.15) is 32.8 Å². The van der Waals surface area contributed by atoms with Crippen molar-refractivity contribution in [3.8, 4) is 0 Å². The van der Waals surface area contributed by atoms with Crippen LogP contribution in [-0.2, 0) is 11.3 Å². The lowest BCUT2D eigenvalue weighted by molar-refractivity contribution is 0.180. The Morgan fingerprint density at radius 2 is 2.05 bits per heavy atom. The van der Waals surface area contributed by atoms with E-state index in [0.29, 0.717) is 18.0 Å². The molecule has 0 spiro atoms. The van der Waals surface area contributed by atoms with E-state index in [1.165, 1.54) is 17.7 Å². The van der Waals surface area contributed by atoms with Gasteiger partial charge in [0, 0.05) is 38.0 Å². The Hall–Kier alpha value is -1.06. The van der Waals surface area contributed by atoms with Gasteiger partial charge in [0.15, 0.2) is 0 Å². The summed E-state index contributed by atoms with van der Waals surface area (Å²) in [5, 5.41) is 3.71. The van der Waals surface area contributed by atoms with Crippen LogP contribution in [0.5, 0.6) is 0 Å². The maximum absolute atomic E-state index is 5.37. The van der Waals surface area contributed by atoms with Crippen LogP contribution in [-0.4, -0.2) is 32.3 Å². The van der Waals surface area contributed by atoms with E-state index in [-0.39, 0.29) is 0 Å². The Kier molecular flexibility index (Phi) is 5.44. The Morgan fingerprint density at radius 1 is 1.30 bits per heavy atom. The zero-order chi connectivity index (χ0) is 14.5. The number of fused-ring (bicyclic) bond motifs is 1. The van der Waals surface area contributed by atoms with Crippen LogP contribution in [0, 0.1) is 5.92 Å². The van der Waals surface area contributed by atoms with Gasteiger partial charge < -0.3 is 15.0 Å². The van der Waals surface area contributed by atoms with E-state index >= 15 is 0 Å². The summed E-state index contributed by atoms with van der Waals surface area (Å²) in [5.41, 5.74) is 2.75. The number of rotatable bonds is 5. The summed E-state index contributed by atoms with van der Waals surface area (Å²) in [7, 11) is 1.78. The highest BCUT2D eigenvalue weighted by Crippen LogP contribution is 2.26. The molecule has 1 N–H and O–H groups in total. The number of benzene rings is 1. The summed E-state index contributed by atoms with van der Waals surface area (Å²) < 4.78 is 5.37. The summed E-state index contributed by atoms with van der Waals surface area (Å²) in [6.07, 6.45) is 1.21. The van der Waals surface area contributed by atoms with E-state index in [2.05, 4.69) is 55.3 Å². The number of anilines is 1. The second kappa shape index (κ2) is 7.09. The van der Waals surface area contributed by atoms with Gasteiger partial charge in [-0.1, -0.05) is 32.0 Å². The summed E-state index contributed by atoms with van der Waals surface area (Å²) in [4.78, 5) is 2.51. The molecule has 1 aliphatic rings. The molecule has 0 amide bonds. The third kappa shape index (κ3) is 3.74. The molecule has 1 aromatic carbocycles. The fourth-order valence-corrected chi connectivity index (χ4v) is 3.07. The first kappa shape index (κ1) is 15.3. The van der Waals surface area contributed by atoms with E-state index in [1.807, 2.05) is 0 Å². The van der Waals surface area contributed by atoms with Gasteiger partial charge in [-0.05, 0) is 30.9 Å². The zero-order valence-electron chi connectivity index (χ0n) is 13.2. The molecular formula is C17H28N2O. The van der Waals surface area contributed by atoms with E-state index in [1.54, 1.807) is 7.11 Å². The molecule has 2 atom stereocenters. The molecule has 1 aliphatic heterocycles.